The van der Waals surface area contributed by atoms with Crippen molar-refractivity contribution in [2.45, 2.75) is 79.9 Å². The molecule has 0 aliphatic heterocycles. The summed E-state index contributed by atoms with van der Waals surface area (Å²) in [5, 5.41) is 15.5. The van der Waals surface area contributed by atoms with Crippen molar-refractivity contribution in [2.24, 2.45) is 11.8 Å². The van der Waals surface area contributed by atoms with Crippen LogP contribution in [0.4, 0.5) is 0 Å². The Morgan fingerprint density at radius 3 is 2.26 bits per heavy atom. The van der Waals surface area contributed by atoms with Crippen LogP contribution in [0.1, 0.15) is 59.1 Å². The van der Waals surface area contributed by atoms with Gasteiger partial charge in [-0.15, -0.1) is 17.5 Å². The second-order valence-corrected chi connectivity index (χ2v) is 16.9. The zero-order chi connectivity index (χ0) is 29.9. The number of rotatable bonds is 8. The quantitative estimate of drug-likeness (QED) is 0.0430. The first-order valence-electron chi connectivity index (χ1n) is 15.0. The topological polar surface area (TPSA) is 67.5 Å². The molecular weight excluding hydrogens is 715 g/mol. The van der Waals surface area contributed by atoms with Crippen LogP contribution in [0.2, 0.25) is 19.6 Å². The van der Waals surface area contributed by atoms with E-state index in [9.17, 15) is 9.90 Å². The number of ketones is 1. The number of carbonyl (C=O) groups is 1. The summed E-state index contributed by atoms with van der Waals surface area (Å²) >= 11 is 0. The summed E-state index contributed by atoms with van der Waals surface area (Å²) in [7, 11) is -1.55. The second-order valence-electron chi connectivity index (χ2n) is 12.0. The number of aliphatic hydroxyl groups excluding tert-OH is 1. The Hall–Kier alpha value is -2.86. The van der Waals surface area contributed by atoms with Gasteiger partial charge in [-0.3, -0.25) is 9.78 Å². The molecule has 0 saturated carbocycles. The Kier molecular flexibility index (Phi) is 11.3. The van der Waals surface area contributed by atoms with Gasteiger partial charge in [-0.05, 0) is 44.2 Å². The van der Waals surface area contributed by atoms with Crippen molar-refractivity contribution in [2.75, 3.05) is 0 Å². The number of fused-ring (bicyclic) bond motifs is 7. The minimum Gasteiger partial charge on any atom is -0.512 e. The predicted octanol–water partition coefficient (Wildman–Crippen LogP) is 8.71. The molecule has 1 radical (unpaired) electrons. The SMILES string of the molecule is CCC(CC)C(=O)/C=C(\O)C(CC)CC.Cc1c([Si](C)(C)C)nc2c3cccnc3c3[c-]c4ccccc4cc3n12.[Ir]. The van der Waals surface area contributed by atoms with Gasteiger partial charge >= 0.3 is 0 Å². The molecule has 0 saturated heterocycles. The van der Waals surface area contributed by atoms with Crippen LogP contribution >= 0.6 is 0 Å². The van der Waals surface area contributed by atoms with E-state index in [0.29, 0.717) is 0 Å². The van der Waals surface area contributed by atoms with Crippen LogP contribution in [0.25, 0.3) is 38.2 Å². The number of carbonyl (C=O) groups excluding carboxylic acids is 1. The minimum absolute atomic E-state index is 0. The van der Waals surface area contributed by atoms with Gasteiger partial charge in [0, 0.05) is 66.1 Å². The Bertz CT molecular complexity index is 1730. The van der Waals surface area contributed by atoms with E-state index in [4.69, 9.17) is 9.97 Å². The van der Waals surface area contributed by atoms with Crippen LogP contribution in [-0.2, 0) is 24.9 Å². The number of nitrogens with zero attached hydrogens (tertiary/aromatic N) is 3. The number of aliphatic hydroxyl groups is 1. The first-order valence-corrected chi connectivity index (χ1v) is 18.5. The van der Waals surface area contributed by atoms with Crippen molar-refractivity contribution in [1.82, 2.24) is 14.4 Å². The monoisotopic (exact) mass is 759 g/mol. The van der Waals surface area contributed by atoms with Crippen LogP contribution in [-0.4, -0.2) is 33.3 Å². The maximum atomic E-state index is 11.7. The maximum Gasteiger partial charge on any atom is 0.162 e. The van der Waals surface area contributed by atoms with Crippen molar-refractivity contribution in [3.8, 4) is 0 Å². The van der Waals surface area contributed by atoms with Crippen molar-refractivity contribution in [1.29, 1.82) is 0 Å². The summed E-state index contributed by atoms with van der Waals surface area (Å²) in [6.45, 7) is 17.3. The van der Waals surface area contributed by atoms with Crippen molar-refractivity contribution < 1.29 is 30.0 Å². The molecule has 5 nitrogen and oxygen atoms in total. The van der Waals surface area contributed by atoms with E-state index in [1.54, 1.807) is 0 Å². The molecule has 5 aromatic rings. The number of aryl methyl sites for hydroxylation is 1. The molecule has 225 valence electrons. The third-order valence-corrected chi connectivity index (χ3v) is 10.1. The molecule has 3 heterocycles. The van der Waals surface area contributed by atoms with Gasteiger partial charge in [0.05, 0.1) is 5.76 Å². The van der Waals surface area contributed by atoms with E-state index < -0.39 is 8.07 Å². The maximum absolute atomic E-state index is 11.7. The fourth-order valence-corrected chi connectivity index (χ4v) is 7.40. The van der Waals surface area contributed by atoms with Gasteiger partial charge < -0.3 is 9.51 Å². The molecule has 3 aromatic heterocycles. The fraction of sp³-hybridized carbons (Fsp3) is 0.400. The van der Waals surface area contributed by atoms with Gasteiger partial charge in [-0.2, -0.15) is 0 Å². The normalized spacial score (nSPS) is 12.3. The molecule has 0 fully saturated rings. The van der Waals surface area contributed by atoms with Gasteiger partial charge in [0.25, 0.3) is 0 Å². The summed E-state index contributed by atoms with van der Waals surface area (Å²) in [5.41, 5.74) is 4.38. The van der Waals surface area contributed by atoms with E-state index in [1.165, 1.54) is 22.5 Å². The molecule has 7 heteroatoms. The number of imidazole rings is 1. The van der Waals surface area contributed by atoms with Gasteiger partial charge in [-0.1, -0.05) is 88.4 Å². The molecule has 0 aliphatic rings. The Balaban J connectivity index is 0.000000263. The van der Waals surface area contributed by atoms with Crippen LogP contribution in [0.3, 0.4) is 0 Å². The van der Waals surface area contributed by atoms with Crippen LogP contribution in [0, 0.1) is 24.8 Å². The van der Waals surface area contributed by atoms with E-state index in [1.807, 2.05) is 40.0 Å². The average Bonchev–Trinajstić information content (AvgIpc) is 3.32. The zero-order valence-electron chi connectivity index (χ0n) is 26.2. The first-order chi connectivity index (χ1) is 19.5. The van der Waals surface area contributed by atoms with E-state index in [-0.39, 0.29) is 43.5 Å². The standard InChI is InChI=1S/C22H20N3Si.C13H24O2.Ir/c1-14-22(26(2,3)4)24-21-17-10-7-11-23-20(17)18-12-15-8-5-6-9-16(15)13-19(18)25(14)21;1-5-10(6-2)12(14)9-13(15)11(7-3)8-4;/h5-11,13H,1-4H3;9-11,14H,5-8H2,1-4H3;/q-1;;/b;12-9-;. The van der Waals surface area contributed by atoms with Gasteiger partial charge in [0.2, 0.25) is 0 Å². The molecule has 0 unspecified atom stereocenters. The largest absolute Gasteiger partial charge is 0.512 e. The second kappa shape index (κ2) is 14.1. The summed E-state index contributed by atoms with van der Waals surface area (Å²) in [5.74, 6) is 0.547. The molecule has 0 atom stereocenters. The van der Waals surface area contributed by atoms with Gasteiger partial charge in [0.1, 0.15) is 13.7 Å². The van der Waals surface area contributed by atoms with E-state index >= 15 is 0 Å². The smallest absolute Gasteiger partial charge is 0.162 e. The van der Waals surface area contributed by atoms with E-state index in [0.717, 1.165) is 58.5 Å². The molecule has 2 aromatic carbocycles. The molecule has 1 N–H and O–H groups in total. The molecule has 5 rings (SSSR count). The van der Waals surface area contributed by atoms with Crippen LogP contribution < -0.4 is 5.32 Å². The van der Waals surface area contributed by atoms with Crippen LogP contribution in [0.5, 0.6) is 0 Å². The van der Waals surface area contributed by atoms with Gasteiger partial charge in [-0.25, -0.2) is 4.98 Å². The number of hydrogen-bond donors (Lipinski definition) is 1. The predicted molar refractivity (Wildman–Crippen MR) is 176 cm³/mol. The van der Waals surface area contributed by atoms with Crippen molar-refractivity contribution in [3.63, 3.8) is 0 Å². The number of allylic oxidation sites excluding steroid dienone is 2. The third kappa shape index (κ3) is 6.69. The van der Waals surface area contributed by atoms with E-state index in [2.05, 4.69) is 73.4 Å². The van der Waals surface area contributed by atoms with Gasteiger partial charge in [0.15, 0.2) is 5.78 Å². The Labute approximate surface area is 264 Å². The molecule has 0 aliphatic carbocycles. The molecule has 0 amide bonds. The molecule has 42 heavy (non-hydrogen) atoms. The summed E-state index contributed by atoms with van der Waals surface area (Å²) < 4.78 is 2.32. The number of pyridine rings is 2. The molecular formula is C35H44IrN3O2Si-. The number of hydrogen-bond acceptors (Lipinski definition) is 4. The third-order valence-electron chi connectivity index (χ3n) is 8.20. The average molecular weight is 759 g/mol. The zero-order valence-corrected chi connectivity index (χ0v) is 29.6. The van der Waals surface area contributed by atoms with Crippen molar-refractivity contribution >= 4 is 57.4 Å². The Morgan fingerprint density at radius 1 is 1.00 bits per heavy atom. The number of aromatic nitrogens is 3. The van der Waals surface area contributed by atoms with Crippen molar-refractivity contribution in [3.05, 3.63) is 72.3 Å². The summed E-state index contributed by atoms with van der Waals surface area (Å²) in [6.07, 6.45) is 6.76. The first kappa shape index (κ1) is 33.6. The Morgan fingerprint density at radius 2 is 1.64 bits per heavy atom. The molecule has 0 spiro atoms. The minimum atomic E-state index is -1.55. The van der Waals surface area contributed by atoms with Crippen LogP contribution in [0.15, 0.2) is 60.5 Å². The molecule has 0 bridgehead atoms. The summed E-state index contributed by atoms with van der Waals surface area (Å²) in [6, 6.07) is 18.4. The number of benzene rings is 2. The fourth-order valence-electron chi connectivity index (χ4n) is 5.76. The summed E-state index contributed by atoms with van der Waals surface area (Å²) in [4.78, 5) is 21.5.